The molecule has 0 radical (unpaired) electrons. The Morgan fingerprint density at radius 1 is 1.03 bits per heavy atom. The van der Waals surface area contributed by atoms with Crippen molar-refractivity contribution in [2.24, 2.45) is 0 Å². The van der Waals surface area contributed by atoms with E-state index in [1.165, 1.54) is 6.33 Å². The average molecular weight is 415 g/mol. The molecule has 1 aromatic carbocycles. The minimum Gasteiger partial charge on any atom is -0.351 e. The monoisotopic (exact) mass is 415 g/mol. The third-order valence-electron chi connectivity index (χ3n) is 4.73. The second-order valence-electron chi connectivity index (χ2n) is 6.93. The Morgan fingerprint density at radius 3 is 2.60 bits per heavy atom. The number of pyridine rings is 1. The minimum atomic E-state index is -0.319. The summed E-state index contributed by atoms with van der Waals surface area (Å²) in [6.45, 7) is 0. The molecule has 3 heterocycles. The van der Waals surface area contributed by atoms with E-state index in [9.17, 15) is 4.79 Å². The number of nitrogens with one attached hydrogen (secondary N) is 2. The predicted molar refractivity (Wildman–Crippen MR) is 115 cm³/mol. The number of carbonyl (C=O) groups excluding carboxylic acids is 1. The predicted octanol–water partition coefficient (Wildman–Crippen LogP) is 4.26. The molecule has 0 aliphatic heterocycles. The van der Waals surface area contributed by atoms with Gasteiger partial charge in [-0.15, -0.1) is 5.10 Å². The fraction of sp³-hybridized carbons (Fsp3) is 0.143. The van der Waals surface area contributed by atoms with Crippen LogP contribution in [-0.4, -0.2) is 30.4 Å². The Hall–Kier alpha value is -3.72. The lowest BCUT2D eigenvalue weighted by Gasteiger charge is -2.12. The maximum atomic E-state index is 13.2. The molecular formula is C21H17N7OS. The van der Waals surface area contributed by atoms with Crippen LogP contribution in [0.25, 0.3) is 11.3 Å². The van der Waals surface area contributed by atoms with Crippen molar-refractivity contribution in [2.45, 2.75) is 18.8 Å². The molecule has 1 amide bonds. The Bertz CT molecular complexity index is 1180. The number of nitrogens with zero attached hydrogens (tertiary/aromatic N) is 5. The van der Waals surface area contributed by atoms with E-state index in [1.54, 1.807) is 12.4 Å². The van der Waals surface area contributed by atoms with Crippen LogP contribution in [0.15, 0.2) is 61.2 Å². The van der Waals surface area contributed by atoms with Gasteiger partial charge in [0.2, 0.25) is 0 Å². The van der Waals surface area contributed by atoms with Crippen molar-refractivity contribution < 1.29 is 4.79 Å². The molecule has 0 saturated heterocycles. The van der Waals surface area contributed by atoms with Crippen LogP contribution in [0.5, 0.6) is 0 Å². The molecule has 4 aromatic rings. The minimum absolute atomic E-state index is 0.315. The summed E-state index contributed by atoms with van der Waals surface area (Å²) < 4.78 is 4.02. The van der Waals surface area contributed by atoms with Crippen molar-refractivity contribution >= 4 is 33.8 Å². The molecule has 0 spiro atoms. The van der Waals surface area contributed by atoms with Crippen molar-refractivity contribution in [2.75, 3.05) is 10.6 Å². The first kappa shape index (κ1) is 18.3. The van der Waals surface area contributed by atoms with Crippen LogP contribution in [0.1, 0.15) is 34.9 Å². The van der Waals surface area contributed by atoms with Gasteiger partial charge in [0.25, 0.3) is 5.91 Å². The molecule has 1 saturated carbocycles. The molecule has 148 valence electrons. The zero-order chi connectivity index (χ0) is 20.3. The highest BCUT2D eigenvalue weighted by Crippen LogP contribution is 2.40. The summed E-state index contributed by atoms with van der Waals surface area (Å²) in [6.07, 6.45) is 6.94. The fourth-order valence-corrected chi connectivity index (χ4v) is 3.68. The highest BCUT2D eigenvalue weighted by atomic mass is 32.1. The van der Waals surface area contributed by atoms with E-state index in [4.69, 9.17) is 0 Å². The van der Waals surface area contributed by atoms with Gasteiger partial charge >= 0.3 is 0 Å². The lowest BCUT2D eigenvalue weighted by atomic mass is 10.1. The van der Waals surface area contributed by atoms with E-state index in [1.807, 2.05) is 42.5 Å². The highest BCUT2D eigenvalue weighted by Gasteiger charge is 2.27. The normalized spacial score (nSPS) is 13.1. The molecule has 1 aliphatic rings. The summed E-state index contributed by atoms with van der Waals surface area (Å²) in [4.78, 5) is 25.9. The number of hydrogen-bond acceptors (Lipinski definition) is 8. The highest BCUT2D eigenvalue weighted by molar-refractivity contribution is 7.10. The van der Waals surface area contributed by atoms with Gasteiger partial charge in [-0.05, 0) is 25.0 Å². The van der Waals surface area contributed by atoms with E-state index in [2.05, 4.69) is 35.2 Å². The van der Waals surface area contributed by atoms with Gasteiger partial charge in [0, 0.05) is 28.7 Å². The molecule has 0 atom stereocenters. The second kappa shape index (κ2) is 7.96. The molecule has 0 unspecified atom stereocenters. The summed E-state index contributed by atoms with van der Waals surface area (Å²) in [5, 5.41) is 10.9. The third-order valence-corrected chi connectivity index (χ3v) is 5.37. The molecule has 5 rings (SSSR count). The van der Waals surface area contributed by atoms with Crippen LogP contribution in [-0.2, 0) is 0 Å². The summed E-state index contributed by atoms with van der Waals surface area (Å²) in [5.41, 5.74) is 4.04. The van der Waals surface area contributed by atoms with E-state index >= 15 is 0 Å². The molecule has 8 nitrogen and oxygen atoms in total. The van der Waals surface area contributed by atoms with E-state index < -0.39 is 0 Å². The Morgan fingerprint density at radius 2 is 1.83 bits per heavy atom. The largest absolute Gasteiger partial charge is 0.351 e. The van der Waals surface area contributed by atoms with Crippen LogP contribution < -0.4 is 10.6 Å². The van der Waals surface area contributed by atoms with Crippen molar-refractivity contribution in [1.29, 1.82) is 0 Å². The van der Waals surface area contributed by atoms with E-state index in [0.717, 1.165) is 35.6 Å². The standard InChI is InChI=1S/C21H17N7OS/c29-20(26-21-18(27-28-30-21)14-4-2-1-3-5-14)19-17(24-15-10-22-12-23-11-15)9-8-16(25-19)13-6-7-13/h1-5,8-13,24H,6-7H2,(H,26,29). The summed E-state index contributed by atoms with van der Waals surface area (Å²) in [7, 11) is 0. The molecule has 3 aromatic heterocycles. The first-order chi connectivity index (χ1) is 14.8. The molecular weight excluding hydrogens is 398 g/mol. The maximum Gasteiger partial charge on any atom is 0.277 e. The van der Waals surface area contributed by atoms with E-state index in [0.29, 0.717) is 33.7 Å². The van der Waals surface area contributed by atoms with Crippen LogP contribution in [0.3, 0.4) is 0 Å². The third kappa shape index (κ3) is 3.87. The maximum absolute atomic E-state index is 13.2. The van der Waals surface area contributed by atoms with Gasteiger partial charge in [0.15, 0.2) is 5.69 Å². The quantitative estimate of drug-likeness (QED) is 0.484. The zero-order valence-electron chi connectivity index (χ0n) is 15.8. The number of hydrogen-bond donors (Lipinski definition) is 2. The Balaban J connectivity index is 1.46. The molecule has 30 heavy (non-hydrogen) atoms. The van der Waals surface area contributed by atoms with Crippen LogP contribution in [0.2, 0.25) is 0 Å². The number of benzene rings is 1. The molecule has 9 heteroatoms. The topological polar surface area (TPSA) is 106 Å². The van der Waals surface area contributed by atoms with Gasteiger partial charge in [-0.1, -0.05) is 34.8 Å². The SMILES string of the molecule is O=C(Nc1snnc1-c1ccccc1)c1nc(C2CC2)ccc1Nc1cncnc1. The van der Waals surface area contributed by atoms with Gasteiger partial charge < -0.3 is 10.6 Å². The first-order valence-corrected chi connectivity index (χ1v) is 10.3. The summed E-state index contributed by atoms with van der Waals surface area (Å²) in [6, 6.07) is 13.5. The van der Waals surface area contributed by atoms with Gasteiger partial charge in [-0.3, -0.25) is 4.79 Å². The molecule has 2 N–H and O–H groups in total. The van der Waals surface area contributed by atoms with Gasteiger partial charge in [0.1, 0.15) is 17.0 Å². The number of rotatable bonds is 6. The fourth-order valence-electron chi connectivity index (χ4n) is 3.09. The lowest BCUT2D eigenvalue weighted by molar-refractivity contribution is 0.102. The van der Waals surface area contributed by atoms with Crippen molar-refractivity contribution in [1.82, 2.24) is 24.5 Å². The van der Waals surface area contributed by atoms with Crippen LogP contribution in [0.4, 0.5) is 16.4 Å². The number of amides is 1. The van der Waals surface area contributed by atoms with Gasteiger partial charge in [0.05, 0.1) is 23.8 Å². The smallest absolute Gasteiger partial charge is 0.277 e. The number of anilines is 3. The Kier molecular flexibility index (Phi) is 4.86. The van der Waals surface area contributed by atoms with Crippen molar-refractivity contribution in [3.05, 3.63) is 72.6 Å². The zero-order valence-corrected chi connectivity index (χ0v) is 16.6. The van der Waals surface area contributed by atoms with E-state index in [-0.39, 0.29) is 5.91 Å². The summed E-state index contributed by atoms with van der Waals surface area (Å²) in [5.74, 6) is 0.107. The first-order valence-electron chi connectivity index (χ1n) is 9.50. The van der Waals surface area contributed by atoms with Gasteiger partial charge in [-0.2, -0.15) is 0 Å². The average Bonchev–Trinajstić information content (AvgIpc) is 3.54. The number of aromatic nitrogens is 5. The molecule has 1 fully saturated rings. The van der Waals surface area contributed by atoms with Crippen molar-refractivity contribution in [3.63, 3.8) is 0 Å². The molecule has 1 aliphatic carbocycles. The molecule has 0 bridgehead atoms. The van der Waals surface area contributed by atoms with Crippen molar-refractivity contribution in [3.8, 4) is 11.3 Å². The van der Waals surface area contributed by atoms with Crippen LogP contribution in [0, 0.1) is 0 Å². The van der Waals surface area contributed by atoms with Crippen LogP contribution >= 0.6 is 11.5 Å². The Labute approximate surface area is 176 Å². The second-order valence-corrected chi connectivity index (χ2v) is 7.68. The summed E-state index contributed by atoms with van der Waals surface area (Å²) >= 11 is 1.14. The lowest BCUT2D eigenvalue weighted by Crippen LogP contribution is -2.16. The van der Waals surface area contributed by atoms with Gasteiger partial charge in [-0.25, -0.2) is 15.0 Å². The number of carbonyl (C=O) groups is 1.